The molecule has 0 aliphatic carbocycles. The van der Waals surface area contributed by atoms with Crippen LogP contribution in [-0.4, -0.2) is 16.1 Å². The fraction of sp³-hybridized carbons (Fsp3) is 0.308. The zero-order valence-electron chi connectivity index (χ0n) is 9.40. The lowest BCUT2D eigenvalue weighted by Crippen LogP contribution is -2.06. The topological polar surface area (TPSA) is 29.9 Å². The lowest BCUT2D eigenvalue weighted by atomic mass is 10.3. The van der Waals surface area contributed by atoms with Crippen LogP contribution in [0.15, 0.2) is 24.3 Å². The fourth-order valence-electron chi connectivity index (χ4n) is 1.69. The molecule has 2 aromatic rings. The summed E-state index contributed by atoms with van der Waals surface area (Å²) in [5, 5.41) is 3.29. The molecule has 0 saturated heterocycles. The minimum atomic E-state index is 0.803. The van der Waals surface area contributed by atoms with Gasteiger partial charge < -0.3 is 9.88 Å². The average Bonchev–Trinajstić information content (AvgIpc) is 2.63. The Labute approximate surface area is 95.5 Å². The molecule has 82 valence electrons. The van der Waals surface area contributed by atoms with Gasteiger partial charge in [-0.3, -0.25) is 0 Å². The van der Waals surface area contributed by atoms with Gasteiger partial charge in [-0.05, 0) is 18.6 Å². The van der Waals surface area contributed by atoms with Crippen LogP contribution in [0.1, 0.15) is 12.8 Å². The Morgan fingerprint density at radius 1 is 1.44 bits per heavy atom. The van der Waals surface area contributed by atoms with E-state index >= 15 is 0 Å². The van der Waals surface area contributed by atoms with Crippen molar-refractivity contribution in [2.75, 3.05) is 11.9 Å². The number of aryl methyl sites for hydroxylation is 1. The molecule has 1 aromatic heterocycles. The first-order chi connectivity index (χ1) is 7.83. The summed E-state index contributed by atoms with van der Waals surface area (Å²) in [5.74, 6) is 3.53. The van der Waals surface area contributed by atoms with E-state index < -0.39 is 0 Å². The van der Waals surface area contributed by atoms with Crippen LogP contribution in [0.4, 0.5) is 5.95 Å². The second-order valence-electron chi connectivity index (χ2n) is 3.72. The summed E-state index contributed by atoms with van der Waals surface area (Å²) in [4.78, 5) is 4.51. The van der Waals surface area contributed by atoms with Crippen LogP contribution in [0.25, 0.3) is 11.0 Å². The first kappa shape index (κ1) is 10.6. The van der Waals surface area contributed by atoms with E-state index in [1.165, 1.54) is 0 Å². The number of unbranched alkanes of at least 4 members (excludes halogenated alkanes) is 1. The van der Waals surface area contributed by atoms with E-state index in [1.54, 1.807) is 0 Å². The SMILES string of the molecule is C#CCCCNc1nc2ccccc2n1C. The molecule has 0 unspecified atom stereocenters. The summed E-state index contributed by atoms with van der Waals surface area (Å²) < 4.78 is 2.06. The molecule has 3 heteroatoms. The number of hydrogen-bond donors (Lipinski definition) is 1. The fourth-order valence-corrected chi connectivity index (χ4v) is 1.69. The van der Waals surface area contributed by atoms with Crippen molar-refractivity contribution in [2.24, 2.45) is 7.05 Å². The summed E-state index contributed by atoms with van der Waals surface area (Å²) in [5.41, 5.74) is 2.16. The summed E-state index contributed by atoms with van der Waals surface area (Å²) in [6.45, 7) is 0.862. The number of nitrogens with zero attached hydrogens (tertiary/aromatic N) is 2. The molecule has 0 aliphatic heterocycles. The second kappa shape index (κ2) is 4.71. The van der Waals surface area contributed by atoms with E-state index in [4.69, 9.17) is 6.42 Å². The highest BCUT2D eigenvalue weighted by Gasteiger charge is 2.05. The van der Waals surface area contributed by atoms with Gasteiger partial charge in [-0.2, -0.15) is 0 Å². The van der Waals surface area contributed by atoms with E-state index in [-0.39, 0.29) is 0 Å². The van der Waals surface area contributed by atoms with E-state index in [1.807, 2.05) is 25.2 Å². The maximum Gasteiger partial charge on any atom is 0.203 e. The summed E-state index contributed by atoms with van der Waals surface area (Å²) >= 11 is 0. The molecule has 0 saturated carbocycles. The molecule has 0 bridgehead atoms. The van der Waals surface area contributed by atoms with Crippen molar-refractivity contribution < 1.29 is 0 Å². The van der Waals surface area contributed by atoms with Crippen molar-refractivity contribution in [2.45, 2.75) is 12.8 Å². The van der Waals surface area contributed by atoms with Gasteiger partial charge in [0, 0.05) is 20.0 Å². The van der Waals surface area contributed by atoms with Crippen LogP contribution in [0.2, 0.25) is 0 Å². The Hall–Kier alpha value is -1.95. The monoisotopic (exact) mass is 213 g/mol. The molecule has 0 spiro atoms. The zero-order chi connectivity index (χ0) is 11.4. The highest BCUT2D eigenvalue weighted by Crippen LogP contribution is 2.17. The number of rotatable bonds is 4. The molecule has 0 atom stereocenters. The van der Waals surface area contributed by atoms with Crippen molar-refractivity contribution in [3.63, 3.8) is 0 Å². The van der Waals surface area contributed by atoms with Gasteiger partial charge in [-0.1, -0.05) is 12.1 Å². The Kier molecular flexibility index (Phi) is 3.11. The van der Waals surface area contributed by atoms with E-state index in [0.717, 1.165) is 36.4 Å². The minimum absolute atomic E-state index is 0.803. The number of benzene rings is 1. The smallest absolute Gasteiger partial charge is 0.203 e. The van der Waals surface area contributed by atoms with Crippen molar-refractivity contribution in [1.82, 2.24) is 9.55 Å². The van der Waals surface area contributed by atoms with Crippen LogP contribution < -0.4 is 5.32 Å². The third-order valence-electron chi connectivity index (χ3n) is 2.57. The Balaban J connectivity index is 2.13. The van der Waals surface area contributed by atoms with Crippen molar-refractivity contribution in [1.29, 1.82) is 0 Å². The maximum atomic E-state index is 5.20. The average molecular weight is 213 g/mol. The highest BCUT2D eigenvalue weighted by molar-refractivity contribution is 5.78. The number of imidazole rings is 1. The number of fused-ring (bicyclic) bond motifs is 1. The van der Waals surface area contributed by atoms with Crippen molar-refractivity contribution >= 4 is 17.0 Å². The lowest BCUT2D eigenvalue weighted by molar-refractivity contribution is 0.866. The van der Waals surface area contributed by atoms with Crippen LogP contribution in [-0.2, 0) is 7.05 Å². The lowest BCUT2D eigenvalue weighted by Gasteiger charge is -2.04. The molecule has 1 N–H and O–H groups in total. The van der Waals surface area contributed by atoms with Gasteiger partial charge in [-0.25, -0.2) is 4.98 Å². The van der Waals surface area contributed by atoms with Crippen molar-refractivity contribution in [3.05, 3.63) is 24.3 Å². The van der Waals surface area contributed by atoms with E-state index in [2.05, 4.69) is 26.9 Å². The number of hydrogen-bond acceptors (Lipinski definition) is 2. The summed E-state index contributed by atoms with van der Waals surface area (Å²) in [7, 11) is 2.01. The zero-order valence-corrected chi connectivity index (χ0v) is 9.40. The number of para-hydroxylation sites is 2. The van der Waals surface area contributed by atoms with Gasteiger partial charge in [0.25, 0.3) is 0 Å². The Bertz CT molecular complexity index is 519. The number of terminal acetylenes is 1. The van der Waals surface area contributed by atoms with Gasteiger partial charge >= 0.3 is 0 Å². The van der Waals surface area contributed by atoms with Crippen LogP contribution in [0.3, 0.4) is 0 Å². The van der Waals surface area contributed by atoms with Crippen molar-refractivity contribution in [3.8, 4) is 12.3 Å². The quantitative estimate of drug-likeness (QED) is 0.624. The molecule has 0 radical (unpaired) electrons. The van der Waals surface area contributed by atoms with Crippen LogP contribution in [0, 0.1) is 12.3 Å². The molecular weight excluding hydrogens is 198 g/mol. The molecule has 1 heterocycles. The van der Waals surface area contributed by atoms with E-state index in [9.17, 15) is 0 Å². The standard InChI is InChI=1S/C13H15N3/c1-3-4-7-10-14-13-15-11-8-5-6-9-12(11)16(13)2/h1,5-6,8-9H,4,7,10H2,2H3,(H,14,15). The third-order valence-corrected chi connectivity index (χ3v) is 2.57. The third kappa shape index (κ3) is 2.01. The molecule has 0 fully saturated rings. The van der Waals surface area contributed by atoms with Gasteiger partial charge in [0.15, 0.2) is 0 Å². The maximum absolute atomic E-state index is 5.20. The Morgan fingerprint density at radius 2 is 2.25 bits per heavy atom. The first-order valence-corrected chi connectivity index (χ1v) is 5.41. The van der Waals surface area contributed by atoms with Gasteiger partial charge in [0.2, 0.25) is 5.95 Å². The van der Waals surface area contributed by atoms with Crippen LogP contribution >= 0.6 is 0 Å². The molecule has 16 heavy (non-hydrogen) atoms. The van der Waals surface area contributed by atoms with Gasteiger partial charge in [-0.15, -0.1) is 12.3 Å². The predicted molar refractivity (Wildman–Crippen MR) is 67.3 cm³/mol. The minimum Gasteiger partial charge on any atom is -0.356 e. The molecule has 1 aromatic carbocycles. The predicted octanol–water partition coefficient (Wildman–Crippen LogP) is 2.40. The second-order valence-corrected chi connectivity index (χ2v) is 3.72. The molecular formula is C13H15N3. The first-order valence-electron chi connectivity index (χ1n) is 5.41. The molecule has 0 amide bonds. The number of aromatic nitrogens is 2. The largest absolute Gasteiger partial charge is 0.356 e. The van der Waals surface area contributed by atoms with Crippen LogP contribution in [0.5, 0.6) is 0 Å². The number of nitrogens with one attached hydrogen (secondary N) is 1. The molecule has 0 aliphatic rings. The molecule has 3 nitrogen and oxygen atoms in total. The van der Waals surface area contributed by atoms with E-state index in [0.29, 0.717) is 0 Å². The van der Waals surface area contributed by atoms with Gasteiger partial charge in [0.05, 0.1) is 11.0 Å². The summed E-state index contributed by atoms with van der Waals surface area (Å²) in [6.07, 6.45) is 6.98. The summed E-state index contributed by atoms with van der Waals surface area (Å²) in [6, 6.07) is 8.10. The highest BCUT2D eigenvalue weighted by atomic mass is 15.2. The van der Waals surface area contributed by atoms with Gasteiger partial charge in [0.1, 0.15) is 0 Å². The Morgan fingerprint density at radius 3 is 3.00 bits per heavy atom. The normalized spacial score (nSPS) is 10.2. The number of anilines is 1. The molecule has 2 rings (SSSR count).